The lowest BCUT2D eigenvalue weighted by molar-refractivity contribution is 0.666. The minimum absolute atomic E-state index is 0.0635. The van der Waals surface area contributed by atoms with Gasteiger partial charge < -0.3 is 5.73 Å². The minimum Gasteiger partial charge on any atom is -0.393 e. The van der Waals surface area contributed by atoms with Crippen molar-refractivity contribution in [1.29, 1.82) is 0 Å². The smallest absolute Gasteiger partial charge is 0.0819 e. The number of rotatable bonds is 4. The van der Waals surface area contributed by atoms with Crippen LogP contribution < -0.4 is 5.73 Å². The zero-order valence-corrected chi connectivity index (χ0v) is 9.73. The maximum Gasteiger partial charge on any atom is 0.0819 e. The Hall–Kier alpha value is -1.48. The Morgan fingerprint density at radius 2 is 2.12 bits per heavy atom. The fourth-order valence-corrected chi connectivity index (χ4v) is 2.09. The van der Waals surface area contributed by atoms with E-state index in [9.17, 15) is 0 Å². The standard InChI is InChI=1S/C13H14N2S/c14-13(16)11(9-10-5-1-2-6-10)12-7-3-4-8-15-12/h1-8,10-11H,9H2,(H2,14,16). The summed E-state index contributed by atoms with van der Waals surface area (Å²) in [5.41, 5.74) is 6.75. The molecule has 0 spiro atoms. The molecule has 1 aliphatic carbocycles. The van der Waals surface area contributed by atoms with Crippen LogP contribution in [0.25, 0.3) is 0 Å². The van der Waals surface area contributed by atoms with Gasteiger partial charge in [-0.1, -0.05) is 42.6 Å². The highest BCUT2D eigenvalue weighted by Crippen LogP contribution is 2.26. The number of hydrogen-bond donors (Lipinski definition) is 1. The van der Waals surface area contributed by atoms with E-state index < -0.39 is 0 Å². The van der Waals surface area contributed by atoms with Crippen LogP contribution in [0, 0.1) is 5.92 Å². The number of aromatic nitrogens is 1. The highest BCUT2D eigenvalue weighted by atomic mass is 32.1. The fraction of sp³-hybridized carbons (Fsp3) is 0.231. The Kier molecular flexibility index (Phi) is 3.47. The van der Waals surface area contributed by atoms with Gasteiger partial charge in [0.05, 0.1) is 16.6 Å². The van der Waals surface area contributed by atoms with Gasteiger partial charge >= 0.3 is 0 Å². The lowest BCUT2D eigenvalue weighted by Gasteiger charge is -2.17. The van der Waals surface area contributed by atoms with Crippen LogP contribution in [-0.2, 0) is 0 Å². The van der Waals surface area contributed by atoms with Gasteiger partial charge in [-0.2, -0.15) is 0 Å². The summed E-state index contributed by atoms with van der Waals surface area (Å²) in [6.45, 7) is 0. The molecule has 0 saturated heterocycles. The number of nitrogens with two attached hydrogens (primary N) is 1. The van der Waals surface area contributed by atoms with Crippen molar-refractivity contribution in [3.8, 4) is 0 Å². The normalized spacial score (nSPS) is 16.5. The molecule has 1 heterocycles. The van der Waals surface area contributed by atoms with E-state index in [-0.39, 0.29) is 5.92 Å². The van der Waals surface area contributed by atoms with E-state index in [1.54, 1.807) is 6.20 Å². The zero-order chi connectivity index (χ0) is 11.4. The second-order valence-corrected chi connectivity index (χ2v) is 4.35. The highest BCUT2D eigenvalue weighted by Gasteiger charge is 2.19. The summed E-state index contributed by atoms with van der Waals surface area (Å²) in [6, 6.07) is 5.84. The molecule has 2 rings (SSSR count). The lowest BCUT2D eigenvalue weighted by Crippen LogP contribution is -2.21. The van der Waals surface area contributed by atoms with Gasteiger partial charge in [-0.25, -0.2) is 0 Å². The van der Waals surface area contributed by atoms with Gasteiger partial charge in [0.15, 0.2) is 0 Å². The summed E-state index contributed by atoms with van der Waals surface area (Å²) >= 11 is 5.12. The molecule has 0 bridgehead atoms. The predicted octanol–water partition coefficient (Wildman–Crippen LogP) is 2.58. The van der Waals surface area contributed by atoms with Crippen molar-refractivity contribution in [3.63, 3.8) is 0 Å². The minimum atomic E-state index is 0.0635. The van der Waals surface area contributed by atoms with E-state index in [4.69, 9.17) is 18.0 Å². The molecule has 0 amide bonds. The molecule has 1 aromatic heterocycles. The average molecular weight is 230 g/mol. The largest absolute Gasteiger partial charge is 0.393 e. The summed E-state index contributed by atoms with van der Waals surface area (Å²) in [5, 5.41) is 0. The molecule has 3 heteroatoms. The van der Waals surface area contributed by atoms with Crippen LogP contribution in [0.15, 0.2) is 48.7 Å². The molecule has 1 aliphatic rings. The summed E-state index contributed by atoms with van der Waals surface area (Å²) < 4.78 is 0. The summed E-state index contributed by atoms with van der Waals surface area (Å²) in [5.74, 6) is 0.488. The molecular weight excluding hydrogens is 216 g/mol. The van der Waals surface area contributed by atoms with Crippen LogP contribution in [0.3, 0.4) is 0 Å². The van der Waals surface area contributed by atoms with E-state index >= 15 is 0 Å². The van der Waals surface area contributed by atoms with Gasteiger partial charge in [-0.3, -0.25) is 4.98 Å². The number of hydrogen-bond acceptors (Lipinski definition) is 2. The first kappa shape index (κ1) is 11.0. The number of pyridine rings is 1. The number of allylic oxidation sites excluding steroid dienone is 4. The molecule has 82 valence electrons. The summed E-state index contributed by atoms with van der Waals surface area (Å²) in [7, 11) is 0. The molecule has 0 radical (unpaired) electrons. The molecule has 2 nitrogen and oxygen atoms in total. The molecule has 0 fully saturated rings. The molecule has 2 N–H and O–H groups in total. The Balaban J connectivity index is 2.15. The maximum atomic E-state index is 5.79. The molecule has 1 unspecified atom stereocenters. The molecule has 1 atom stereocenters. The topological polar surface area (TPSA) is 38.9 Å². The molecular formula is C13H14N2S. The molecule has 1 aromatic rings. The predicted molar refractivity (Wildman–Crippen MR) is 70.2 cm³/mol. The van der Waals surface area contributed by atoms with Crippen LogP contribution in [0.5, 0.6) is 0 Å². The summed E-state index contributed by atoms with van der Waals surface area (Å²) in [4.78, 5) is 4.85. The third-order valence-corrected chi connectivity index (χ3v) is 3.01. The van der Waals surface area contributed by atoms with Crippen molar-refractivity contribution in [3.05, 3.63) is 54.4 Å². The van der Waals surface area contributed by atoms with E-state index in [2.05, 4.69) is 29.3 Å². The second kappa shape index (κ2) is 5.03. The summed E-state index contributed by atoms with van der Waals surface area (Å²) in [6.07, 6.45) is 11.1. The molecule has 0 aliphatic heterocycles. The van der Waals surface area contributed by atoms with Crippen molar-refractivity contribution in [2.45, 2.75) is 12.3 Å². The van der Waals surface area contributed by atoms with Gasteiger partial charge in [-0.15, -0.1) is 0 Å². The van der Waals surface area contributed by atoms with Crippen molar-refractivity contribution < 1.29 is 0 Å². The monoisotopic (exact) mass is 230 g/mol. The maximum absolute atomic E-state index is 5.79. The van der Waals surface area contributed by atoms with Gasteiger partial charge in [0.2, 0.25) is 0 Å². The van der Waals surface area contributed by atoms with Crippen LogP contribution >= 0.6 is 12.2 Å². The SMILES string of the molecule is NC(=S)C(CC1C=CC=C1)c1ccccn1. The quantitative estimate of drug-likeness (QED) is 0.808. The van der Waals surface area contributed by atoms with Crippen molar-refractivity contribution in [1.82, 2.24) is 4.98 Å². The third-order valence-electron chi connectivity index (χ3n) is 2.72. The Morgan fingerprint density at radius 1 is 1.38 bits per heavy atom. The Bertz CT molecular complexity index is 411. The van der Waals surface area contributed by atoms with Gasteiger partial charge in [0.1, 0.15) is 0 Å². The first-order valence-electron chi connectivity index (χ1n) is 5.32. The van der Waals surface area contributed by atoms with E-state index in [1.165, 1.54) is 0 Å². The molecule has 0 saturated carbocycles. The van der Waals surface area contributed by atoms with E-state index in [0.29, 0.717) is 10.9 Å². The fourth-order valence-electron chi connectivity index (χ4n) is 1.87. The van der Waals surface area contributed by atoms with E-state index in [1.807, 2.05) is 18.2 Å². The Labute approximate surface area is 101 Å². The van der Waals surface area contributed by atoms with Crippen LogP contribution in [0.1, 0.15) is 18.0 Å². The number of nitrogens with zero attached hydrogens (tertiary/aromatic N) is 1. The van der Waals surface area contributed by atoms with E-state index in [0.717, 1.165) is 12.1 Å². The van der Waals surface area contributed by atoms with Crippen LogP contribution in [0.4, 0.5) is 0 Å². The van der Waals surface area contributed by atoms with Crippen LogP contribution in [-0.4, -0.2) is 9.97 Å². The van der Waals surface area contributed by atoms with Gasteiger partial charge in [0.25, 0.3) is 0 Å². The van der Waals surface area contributed by atoms with Crippen molar-refractivity contribution in [2.75, 3.05) is 0 Å². The molecule has 16 heavy (non-hydrogen) atoms. The average Bonchev–Trinajstić information content (AvgIpc) is 2.79. The highest BCUT2D eigenvalue weighted by molar-refractivity contribution is 7.80. The third kappa shape index (κ3) is 2.55. The van der Waals surface area contributed by atoms with Crippen LogP contribution in [0.2, 0.25) is 0 Å². The lowest BCUT2D eigenvalue weighted by atomic mass is 9.92. The van der Waals surface area contributed by atoms with Gasteiger partial charge in [0, 0.05) is 6.20 Å². The second-order valence-electron chi connectivity index (χ2n) is 3.88. The Morgan fingerprint density at radius 3 is 2.69 bits per heavy atom. The first-order valence-corrected chi connectivity index (χ1v) is 5.73. The van der Waals surface area contributed by atoms with Crippen molar-refractivity contribution in [2.24, 2.45) is 11.7 Å². The number of thiocarbonyl (C=S) groups is 1. The zero-order valence-electron chi connectivity index (χ0n) is 8.91. The first-order chi connectivity index (χ1) is 7.77. The van der Waals surface area contributed by atoms with Gasteiger partial charge in [-0.05, 0) is 24.5 Å². The van der Waals surface area contributed by atoms with Crippen molar-refractivity contribution >= 4 is 17.2 Å². The molecule has 0 aromatic carbocycles.